The average Bonchev–Trinajstić information content (AvgIpc) is 2.58. The summed E-state index contributed by atoms with van der Waals surface area (Å²) in [6.07, 6.45) is 14.5. The van der Waals surface area contributed by atoms with Gasteiger partial charge >= 0.3 is 5.97 Å². The molecule has 5 heteroatoms. The first-order valence-electron chi connectivity index (χ1n) is 9.21. The molecule has 0 aromatic carbocycles. The molecule has 0 radical (unpaired) electrons. The van der Waals surface area contributed by atoms with Crippen LogP contribution >= 0.6 is 0 Å². The highest BCUT2D eigenvalue weighted by molar-refractivity contribution is 5.66. The topological polar surface area (TPSA) is 98.0 Å². The molecule has 0 aromatic rings. The van der Waals surface area contributed by atoms with Gasteiger partial charge in [0.15, 0.2) is 0 Å². The zero-order chi connectivity index (χ0) is 18.9. The van der Waals surface area contributed by atoms with E-state index in [4.69, 9.17) is 5.11 Å². The van der Waals surface area contributed by atoms with Gasteiger partial charge in [0.1, 0.15) is 0 Å². The zero-order valence-electron chi connectivity index (χ0n) is 15.3. The number of hydrogen-bond donors (Lipinski definition) is 4. The molecule has 0 bridgehead atoms. The van der Waals surface area contributed by atoms with Gasteiger partial charge in [-0.2, -0.15) is 0 Å². The summed E-state index contributed by atoms with van der Waals surface area (Å²) in [6.45, 7) is 2.15. The van der Waals surface area contributed by atoms with E-state index in [0.717, 1.165) is 12.8 Å². The second-order valence-corrected chi connectivity index (χ2v) is 6.21. The van der Waals surface area contributed by atoms with Crippen LogP contribution in [-0.2, 0) is 4.79 Å². The van der Waals surface area contributed by atoms with Gasteiger partial charge in [0.2, 0.25) is 0 Å². The van der Waals surface area contributed by atoms with Gasteiger partial charge in [-0.15, -0.1) is 0 Å². The molecule has 0 rings (SSSR count). The number of unbranched alkanes of at least 4 members (excludes halogenated alkanes) is 4. The molecule has 0 saturated carbocycles. The van der Waals surface area contributed by atoms with Crippen LogP contribution in [0.4, 0.5) is 0 Å². The fourth-order valence-electron chi connectivity index (χ4n) is 2.18. The van der Waals surface area contributed by atoms with Crippen LogP contribution in [-0.4, -0.2) is 44.7 Å². The van der Waals surface area contributed by atoms with E-state index in [0.29, 0.717) is 25.7 Å². The lowest BCUT2D eigenvalue weighted by Gasteiger charge is -2.13. The molecular formula is C20H34O5. The highest BCUT2D eigenvalue weighted by Gasteiger charge is 2.11. The van der Waals surface area contributed by atoms with Gasteiger partial charge in [-0.3, -0.25) is 4.79 Å². The van der Waals surface area contributed by atoms with Gasteiger partial charge in [0, 0.05) is 6.42 Å². The summed E-state index contributed by atoms with van der Waals surface area (Å²) in [5.41, 5.74) is 0. The van der Waals surface area contributed by atoms with E-state index in [9.17, 15) is 20.1 Å². The third kappa shape index (κ3) is 15.8. The molecule has 0 aromatic heterocycles. The first kappa shape index (κ1) is 23.6. The maximum atomic E-state index is 10.3. The SMILES string of the molecule is CCCCC/C=C\C[C@@H](O)[C@@H](O)/C=C/[C@@H](O)C/C=C\CCCC(=O)O. The number of aliphatic carboxylic acids is 1. The molecule has 0 amide bonds. The van der Waals surface area contributed by atoms with Crippen molar-refractivity contribution in [3.8, 4) is 0 Å². The second-order valence-electron chi connectivity index (χ2n) is 6.21. The number of carbonyl (C=O) groups is 1. The largest absolute Gasteiger partial charge is 0.481 e. The lowest BCUT2D eigenvalue weighted by atomic mass is 10.1. The Bertz CT molecular complexity index is 414. The summed E-state index contributed by atoms with van der Waals surface area (Å²) in [5.74, 6) is -0.806. The van der Waals surface area contributed by atoms with Crippen molar-refractivity contribution in [1.82, 2.24) is 0 Å². The lowest BCUT2D eigenvalue weighted by Crippen LogP contribution is -2.23. The van der Waals surface area contributed by atoms with Crippen LogP contribution in [0.1, 0.15) is 64.7 Å². The van der Waals surface area contributed by atoms with Crippen molar-refractivity contribution in [2.45, 2.75) is 83.0 Å². The summed E-state index contributed by atoms with van der Waals surface area (Å²) in [7, 11) is 0. The van der Waals surface area contributed by atoms with Crippen LogP contribution in [0.2, 0.25) is 0 Å². The molecule has 25 heavy (non-hydrogen) atoms. The number of carboxylic acid groups (broad SMARTS) is 1. The Morgan fingerprint density at radius 2 is 1.52 bits per heavy atom. The highest BCUT2D eigenvalue weighted by atomic mass is 16.4. The average molecular weight is 354 g/mol. The third-order valence-corrected chi connectivity index (χ3v) is 3.75. The minimum atomic E-state index is -1.01. The fourth-order valence-corrected chi connectivity index (χ4v) is 2.18. The van der Waals surface area contributed by atoms with Crippen molar-refractivity contribution >= 4 is 5.97 Å². The Morgan fingerprint density at radius 1 is 0.880 bits per heavy atom. The summed E-state index contributed by atoms with van der Waals surface area (Å²) >= 11 is 0. The van der Waals surface area contributed by atoms with Gasteiger partial charge in [-0.05, 0) is 38.5 Å². The Balaban J connectivity index is 3.91. The van der Waals surface area contributed by atoms with Crippen molar-refractivity contribution < 1.29 is 25.2 Å². The standard InChI is InChI=1S/C20H34O5/c1-2-3-4-5-6-10-13-18(22)19(23)16-15-17(21)12-9-7-8-11-14-20(24)25/h6-7,9-10,15-19,21-23H,2-5,8,11-14H2,1H3,(H,24,25)/b9-7-,10-6-,16-15+/t17-,18+,19-/m0/s1. The molecule has 0 aliphatic rings. The normalized spacial score (nSPS) is 16.0. The molecule has 0 unspecified atom stereocenters. The van der Waals surface area contributed by atoms with Crippen LogP contribution in [0.15, 0.2) is 36.5 Å². The first-order valence-corrected chi connectivity index (χ1v) is 9.21. The monoisotopic (exact) mass is 354 g/mol. The van der Waals surface area contributed by atoms with Crippen LogP contribution in [0.25, 0.3) is 0 Å². The van der Waals surface area contributed by atoms with Gasteiger partial charge < -0.3 is 20.4 Å². The number of aliphatic hydroxyl groups is 3. The Labute approximate surface area is 151 Å². The highest BCUT2D eigenvalue weighted by Crippen LogP contribution is 2.06. The van der Waals surface area contributed by atoms with Crippen molar-refractivity contribution in [3.05, 3.63) is 36.5 Å². The van der Waals surface area contributed by atoms with Gasteiger partial charge in [-0.25, -0.2) is 0 Å². The molecular weight excluding hydrogens is 320 g/mol. The molecule has 144 valence electrons. The molecule has 0 aliphatic carbocycles. The predicted molar refractivity (Wildman–Crippen MR) is 100 cm³/mol. The minimum absolute atomic E-state index is 0.143. The van der Waals surface area contributed by atoms with E-state index in [2.05, 4.69) is 6.92 Å². The molecule has 0 saturated heterocycles. The number of carboxylic acids is 1. The van der Waals surface area contributed by atoms with E-state index in [1.54, 1.807) is 6.08 Å². The van der Waals surface area contributed by atoms with Crippen molar-refractivity contribution in [1.29, 1.82) is 0 Å². The molecule has 0 spiro atoms. The molecule has 5 nitrogen and oxygen atoms in total. The minimum Gasteiger partial charge on any atom is -0.481 e. The Kier molecular flexibility index (Phi) is 15.1. The van der Waals surface area contributed by atoms with Gasteiger partial charge in [0.25, 0.3) is 0 Å². The summed E-state index contributed by atoms with van der Waals surface area (Å²) in [4.78, 5) is 10.3. The smallest absolute Gasteiger partial charge is 0.303 e. The van der Waals surface area contributed by atoms with Gasteiger partial charge in [-0.1, -0.05) is 56.2 Å². The molecule has 3 atom stereocenters. The van der Waals surface area contributed by atoms with Crippen LogP contribution in [0.5, 0.6) is 0 Å². The second kappa shape index (κ2) is 16.1. The Hall–Kier alpha value is -1.43. The summed E-state index contributed by atoms with van der Waals surface area (Å²) in [6, 6.07) is 0. The molecule has 0 aliphatic heterocycles. The van der Waals surface area contributed by atoms with Crippen molar-refractivity contribution in [2.24, 2.45) is 0 Å². The van der Waals surface area contributed by atoms with E-state index in [-0.39, 0.29) is 6.42 Å². The fraction of sp³-hybridized carbons (Fsp3) is 0.650. The lowest BCUT2D eigenvalue weighted by molar-refractivity contribution is -0.137. The third-order valence-electron chi connectivity index (χ3n) is 3.75. The maximum Gasteiger partial charge on any atom is 0.303 e. The van der Waals surface area contributed by atoms with Crippen LogP contribution in [0.3, 0.4) is 0 Å². The quantitative estimate of drug-likeness (QED) is 0.267. The van der Waals surface area contributed by atoms with Crippen molar-refractivity contribution in [3.63, 3.8) is 0 Å². The molecule has 4 N–H and O–H groups in total. The number of hydrogen-bond acceptors (Lipinski definition) is 4. The van der Waals surface area contributed by atoms with Crippen LogP contribution in [0, 0.1) is 0 Å². The number of aliphatic hydroxyl groups excluding tert-OH is 3. The number of rotatable bonds is 15. The summed E-state index contributed by atoms with van der Waals surface area (Å²) < 4.78 is 0. The zero-order valence-corrected chi connectivity index (χ0v) is 15.3. The van der Waals surface area contributed by atoms with E-state index in [1.165, 1.54) is 25.0 Å². The first-order chi connectivity index (χ1) is 12.0. The summed E-state index contributed by atoms with van der Waals surface area (Å²) in [5, 5.41) is 38.0. The van der Waals surface area contributed by atoms with E-state index >= 15 is 0 Å². The van der Waals surface area contributed by atoms with Gasteiger partial charge in [0.05, 0.1) is 18.3 Å². The Morgan fingerprint density at radius 3 is 2.16 bits per heavy atom. The van der Waals surface area contributed by atoms with E-state index in [1.807, 2.05) is 18.2 Å². The molecule has 0 fully saturated rings. The number of allylic oxidation sites excluding steroid dienone is 2. The molecule has 0 heterocycles. The predicted octanol–water partition coefficient (Wildman–Crippen LogP) is 3.35. The van der Waals surface area contributed by atoms with E-state index < -0.39 is 24.3 Å². The van der Waals surface area contributed by atoms with Crippen molar-refractivity contribution in [2.75, 3.05) is 0 Å². The maximum absolute atomic E-state index is 10.3. The van der Waals surface area contributed by atoms with Crippen LogP contribution < -0.4 is 0 Å².